The fraction of sp³-hybridized carbons (Fsp3) is 0.364. The summed E-state index contributed by atoms with van der Waals surface area (Å²) in [7, 11) is 0. The van der Waals surface area contributed by atoms with Crippen LogP contribution in [0.4, 0.5) is 11.4 Å². The standard InChI is InChI=1S/C22H27N3O2/c1-16-14-17(22(27)25-19-10-6-3-7-11-19)12-13-20(16)23-15-21(26)24-18-8-4-2-5-9-18/h2,4-5,8-9,12-14,19,23H,3,6-7,10-11,15H2,1H3,(H,24,26)(H,25,27). The highest BCUT2D eigenvalue weighted by Crippen LogP contribution is 2.20. The van der Waals surface area contributed by atoms with Crippen LogP contribution in [0.1, 0.15) is 48.0 Å². The van der Waals surface area contributed by atoms with E-state index in [1.165, 1.54) is 19.3 Å². The maximum absolute atomic E-state index is 12.5. The zero-order chi connectivity index (χ0) is 19.1. The van der Waals surface area contributed by atoms with Crippen LogP contribution in [0.25, 0.3) is 0 Å². The highest BCUT2D eigenvalue weighted by atomic mass is 16.2. The lowest BCUT2D eigenvalue weighted by atomic mass is 9.95. The van der Waals surface area contributed by atoms with Crippen LogP contribution in [0, 0.1) is 6.92 Å². The number of benzene rings is 2. The predicted molar refractivity (Wildman–Crippen MR) is 109 cm³/mol. The minimum Gasteiger partial charge on any atom is -0.376 e. The van der Waals surface area contributed by atoms with Crippen LogP contribution in [0.2, 0.25) is 0 Å². The van der Waals surface area contributed by atoms with Crippen LogP contribution in [-0.4, -0.2) is 24.4 Å². The quantitative estimate of drug-likeness (QED) is 0.721. The van der Waals surface area contributed by atoms with E-state index in [-0.39, 0.29) is 18.4 Å². The van der Waals surface area contributed by atoms with Crippen molar-refractivity contribution in [3.63, 3.8) is 0 Å². The van der Waals surface area contributed by atoms with Gasteiger partial charge in [-0.25, -0.2) is 0 Å². The molecular formula is C22H27N3O2. The van der Waals surface area contributed by atoms with E-state index in [2.05, 4.69) is 16.0 Å². The smallest absolute Gasteiger partial charge is 0.251 e. The number of rotatable bonds is 6. The molecule has 0 radical (unpaired) electrons. The van der Waals surface area contributed by atoms with Gasteiger partial charge in [-0.1, -0.05) is 37.5 Å². The second kappa shape index (κ2) is 9.21. The first-order valence-corrected chi connectivity index (χ1v) is 9.62. The number of nitrogens with one attached hydrogen (secondary N) is 3. The van der Waals surface area contributed by atoms with Crippen molar-refractivity contribution in [3.05, 3.63) is 59.7 Å². The van der Waals surface area contributed by atoms with Gasteiger partial charge in [-0.05, 0) is 55.7 Å². The van der Waals surface area contributed by atoms with Gasteiger partial charge in [-0.15, -0.1) is 0 Å². The summed E-state index contributed by atoms with van der Waals surface area (Å²) in [6, 6.07) is 15.2. The third-order valence-electron chi connectivity index (χ3n) is 4.93. The van der Waals surface area contributed by atoms with Crippen LogP contribution >= 0.6 is 0 Å². The SMILES string of the molecule is Cc1cc(C(=O)NC2CCCCC2)ccc1NCC(=O)Nc1ccccc1. The van der Waals surface area contributed by atoms with E-state index in [1.807, 2.05) is 55.5 Å². The van der Waals surface area contributed by atoms with Crippen LogP contribution < -0.4 is 16.0 Å². The van der Waals surface area contributed by atoms with Gasteiger partial charge >= 0.3 is 0 Å². The molecule has 2 amide bonds. The van der Waals surface area contributed by atoms with Crippen molar-refractivity contribution in [1.82, 2.24) is 5.32 Å². The molecule has 0 unspecified atom stereocenters. The molecule has 0 spiro atoms. The van der Waals surface area contributed by atoms with E-state index in [9.17, 15) is 9.59 Å². The number of hydrogen-bond acceptors (Lipinski definition) is 3. The summed E-state index contributed by atoms with van der Waals surface area (Å²) in [4.78, 5) is 24.5. The number of anilines is 2. The molecule has 0 saturated heterocycles. The van der Waals surface area contributed by atoms with Crippen LogP contribution in [0.5, 0.6) is 0 Å². The van der Waals surface area contributed by atoms with Gasteiger partial charge in [0.15, 0.2) is 0 Å². The molecular weight excluding hydrogens is 338 g/mol. The Morgan fingerprint density at radius 2 is 1.74 bits per heavy atom. The Morgan fingerprint density at radius 1 is 1.00 bits per heavy atom. The molecule has 5 nitrogen and oxygen atoms in total. The largest absolute Gasteiger partial charge is 0.376 e. The van der Waals surface area contributed by atoms with Crippen molar-refractivity contribution in [1.29, 1.82) is 0 Å². The van der Waals surface area contributed by atoms with E-state index in [1.54, 1.807) is 0 Å². The number of amides is 2. The van der Waals surface area contributed by atoms with Crippen molar-refractivity contribution in [3.8, 4) is 0 Å². The van der Waals surface area contributed by atoms with Crippen molar-refractivity contribution in [2.75, 3.05) is 17.2 Å². The maximum Gasteiger partial charge on any atom is 0.251 e. The molecule has 0 heterocycles. The van der Waals surface area contributed by atoms with E-state index in [0.717, 1.165) is 29.8 Å². The third-order valence-corrected chi connectivity index (χ3v) is 4.93. The third kappa shape index (κ3) is 5.58. The Morgan fingerprint density at radius 3 is 2.44 bits per heavy atom. The second-order valence-corrected chi connectivity index (χ2v) is 7.11. The van der Waals surface area contributed by atoms with E-state index >= 15 is 0 Å². The van der Waals surface area contributed by atoms with Crippen molar-refractivity contribution in [2.24, 2.45) is 0 Å². The van der Waals surface area contributed by atoms with E-state index in [0.29, 0.717) is 11.6 Å². The zero-order valence-corrected chi connectivity index (χ0v) is 15.8. The lowest BCUT2D eigenvalue weighted by Crippen LogP contribution is -2.36. The molecule has 1 aliphatic carbocycles. The van der Waals surface area contributed by atoms with E-state index < -0.39 is 0 Å². The molecule has 0 bridgehead atoms. The fourth-order valence-corrected chi connectivity index (χ4v) is 3.42. The van der Waals surface area contributed by atoms with Gasteiger partial charge < -0.3 is 16.0 Å². The van der Waals surface area contributed by atoms with Gasteiger partial charge in [0.2, 0.25) is 5.91 Å². The minimum absolute atomic E-state index is 0.0154. The number of aryl methyl sites for hydroxylation is 1. The number of para-hydroxylation sites is 1. The minimum atomic E-state index is -0.111. The lowest BCUT2D eigenvalue weighted by molar-refractivity contribution is -0.114. The molecule has 3 N–H and O–H groups in total. The van der Waals surface area contributed by atoms with Crippen LogP contribution in [0.15, 0.2) is 48.5 Å². The molecule has 5 heteroatoms. The highest BCUT2D eigenvalue weighted by molar-refractivity contribution is 5.96. The maximum atomic E-state index is 12.5. The molecule has 0 aliphatic heterocycles. The second-order valence-electron chi connectivity index (χ2n) is 7.11. The summed E-state index contributed by atoms with van der Waals surface area (Å²) in [6.07, 6.45) is 5.79. The molecule has 2 aromatic rings. The Bertz CT molecular complexity index is 783. The molecule has 1 fully saturated rings. The topological polar surface area (TPSA) is 70.2 Å². The normalized spacial score (nSPS) is 14.4. The molecule has 0 atom stereocenters. The first-order chi connectivity index (χ1) is 13.1. The number of hydrogen-bond donors (Lipinski definition) is 3. The first-order valence-electron chi connectivity index (χ1n) is 9.62. The van der Waals surface area contributed by atoms with Gasteiger partial charge in [0.25, 0.3) is 5.91 Å². The summed E-state index contributed by atoms with van der Waals surface area (Å²) in [5, 5.41) is 9.11. The number of carbonyl (C=O) groups is 2. The lowest BCUT2D eigenvalue weighted by Gasteiger charge is -2.23. The Hall–Kier alpha value is -2.82. The average Bonchev–Trinajstić information content (AvgIpc) is 2.68. The predicted octanol–water partition coefficient (Wildman–Crippen LogP) is 4.11. The van der Waals surface area contributed by atoms with Crippen molar-refractivity contribution in [2.45, 2.75) is 45.1 Å². The van der Waals surface area contributed by atoms with E-state index in [4.69, 9.17) is 0 Å². The molecule has 1 aliphatic rings. The van der Waals surface area contributed by atoms with Crippen molar-refractivity contribution >= 4 is 23.2 Å². The number of carbonyl (C=O) groups excluding carboxylic acids is 2. The van der Waals surface area contributed by atoms with Gasteiger partial charge in [-0.3, -0.25) is 9.59 Å². The monoisotopic (exact) mass is 365 g/mol. The summed E-state index contributed by atoms with van der Waals surface area (Å²) < 4.78 is 0. The first kappa shape index (κ1) is 19.0. The summed E-state index contributed by atoms with van der Waals surface area (Å²) in [6.45, 7) is 2.11. The van der Waals surface area contributed by atoms with Crippen LogP contribution in [-0.2, 0) is 4.79 Å². The van der Waals surface area contributed by atoms with Gasteiger partial charge in [0.05, 0.1) is 6.54 Å². The molecule has 2 aromatic carbocycles. The fourth-order valence-electron chi connectivity index (χ4n) is 3.42. The van der Waals surface area contributed by atoms with Gasteiger partial charge in [-0.2, -0.15) is 0 Å². The Balaban J connectivity index is 1.53. The Kier molecular flexibility index (Phi) is 6.47. The zero-order valence-electron chi connectivity index (χ0n) is 15.8. The summed E-state index contributed by atoms with van der Waals surface area (Å²) in [5.74, 6) is -0.127. The highest BCUT2D eigenvalue weighted by Gasteiger charge is 2.17. The van der Waals surface area contributed by atoms with Gasteiger partial charge in [0, 0.05) is 23.0 Å². The Labute approximate surface area is 160 Å². The van der Waals surface area contributed by atoms with Gasteiger partial charge in [0.1, 0.15) is 0 Å². The summed E-state index contributed by atoms with van der Waals surface area (Å²) >= 11 is 0. The van der Waals surface area contributed by atoms with Crippen molar-refractivity contribution < 1.29 is 9.59 Å². The molecule has 142 valence electrons. The van der Waals surface area contributed by atoms with Crippen LogP contribution in [0.3, 0.4) is 0 Å². The summed E-state index contributed by atoms with van der Waals surface area (Å²) in [5.41, 5.74) is 3.24. The molecule has 0 aromatic heterocycles. The average molecular weight is 365 g/mol. The molecule has 1 saturated carbocycles. The molecule has 27 heavy (non-hydrogen) atoms. The molecule has 3 rings (SSSR count).